The molecule has 0 radical (unpaired) electrons. The number of hydrogen-bond acceptors (Lipinski definition) is 2. The molecule has 0 atom stereocenters. The molecular weight excluding hydrogens is 248 g/mol. The van der Waals surface area contributed by atoms with Gasteiger partial charge in [-0.1, -0.05) is 29.1 Å². The van der Waals surface area contributed by atoms with E-state index >= 15 is 0 Å². The van der Waals surface area contributed by atoms with Crippen LogP contribution in [0.3, 0.4) is 0 Å². The van der Waals surface area contributed by atoms with Gasteiger partial charge in [-0.15, -0.1) is 0 Å². The van der Waals surface area contributed by atoms with E-state index in [-0.39, 0.29) is 12.2 Å². The van der Waals surface area contributed by atoms with Gasteiger partial charge in [0.2, 0.25) is 0 Å². The largest absolute Gasteiger partial charge is 0.417 e. The van der Waals surface area contributed by atoms with Crippen LogP contribution in [-0.4, -0.2) is 19.4 Å². The quantitative estimate of drug-likeness (QED) is 0.561. The Hall–Kier alpha value is 0.617. The first-order chi connectivity index (χ1) is 5.78. The Kier molecular flexibility index (Phi) is 5.75. The van der Waals surface area contributed by atoms with Gasteiger partial charge in [-0.2, -0.15) is 0 Å². The molecule has 0 N–H and O–H groups in total. The van der Waals surface area contributed by atoms with Crippen LogP contribution in [0.1, 0.15) is 41.5 Å². The molecule has 0 heterocycles. The average Bonchev–Trinajstić information content (AvgIpc) is 1.82. The van der Waals surface area contributed by atoms with Gasteiger partial charge in [0.1, 0.15) is 0 Å². The van der Waals surface area contributed by atoms with Crippen LogP contribution in [-0.2, 0) is 8.85 Å². The SMILES string of the molecule is CC(C)O[Si](Br)(OC(C)C)C(C)C. The topological polar surface area (TPSA) is 18.5 Å². The molecule has 0 fully saturated rings. The molecule has 0 aromatic rings. The summed E-state index contributed by atoms with van der Waals surface area (Å²) in [4.78, 5) is 0. The van der Waals surface area contributed by atoms with Crippen LogP contribution in [0, 0.1) is 0 Å². The average molecular weight is 269 g/mol. The molecule has 13 heavy (non-hydrogen) atoms. The van der Waals surface area contributed by atoms with Crippen LogP contribution in [0.25, 0.3) is 0 Å². The molecule has 0 saturated heterocycles. The van der Waals surface area contributed by atoms with Crippen LogP contribution >= 0.6 is 15.3 Å². The molecule has 0 bridgehead atoms. The molecule has 0 aromatic carbocycles. The zero-order valence-electron chi connectivity index (χ0n) is 9.43. The van der Waals surface area contributed by atoms with Crippen LogP contribution < -0.4 is 0 Å². The zero-order valence-corrected chi connectivity index (χ0v) is 12.0. The van der Waals surface area contributed by atoms with E-state index in [1.54, 1.807) is 0 Å². The molecule has 80 valence electrons. The number of hydrogen-bond donors (Lipinski definition) is 0. The Morgan fingerprint density at radius 3 is 1.31 bits per heavy atom. The first-order valence-corrected chi connectivity index (χ1v) is 8.97. The predicted octanol–water partition coefficient (Wildman–Crippen LogP) is 3.58. The molecule has 0 saturated carbocycles. The van der Waals surface area contributed by atoms with E-state index < -0.39 is 7.18 Å². The van der Waals surface area contributed by atoms with E-state index in [9.17, 15) is 0 Å². The molecule has 0 aliphatic rings. The maximum absolute atomic E-state index is 5.84. The summed E-state index contributed by atoms with van der Waals surface area (Å²) in [7, 11) is -2.14. The molecule has 2 nitrogen and oxygen atoms in total. The predicted molar refractivity (Wildman–Crippen MR) is 62.2 cm³/mol. The third-order valence-electron chi connectivity index (χ3n) is 1.48. The normalized spacial score (nSPS) is 13.4. The fourth-order valence-corrected chi connectivity index (χ4v) is 5.07. The van der Waals surface area contributed by atoms with Crippen molar-refractivity contribution in [2.24, 2.45) is 0 Å². The Morgan fingerprint density at radius 1 is 0.846 bits per heavy atom. The smallest absolute Gasteiger partial charge is 0.384 e. The van der Waals surface area contributed by atoms with E-state index in [1.807, 2.05) is 27.7 Å². The van der Waals surface area contributed by atoms with Crippen molar-refractivity contribution in [1.82, 2.24) is 0 Å². The summed E-state index contributed by atoms with van der Waals surface area (Å²) in [5.74, 6) is 0. The van der Waals surface area contributed by atoms with Crippen LogP contribution in [0.5, 0.6) is 0 Å². The monoisotopic (exact) mass is 268 g/mol. The van der Waals surface area contributed by atoms with Crippen molar-refractivity contribution < 1.29 is 8.85 Å². The lowest BCUT2D eigenvalue weighted by Crippen LogP contribution is -2.42. The molecule has 0 spiro atoms. The minimum absolute atomic E-state index is 0.215. The summed E-state index contributed by atoms with van der Waals surface area (Å²) in [5.41, 5.74) is 0.414. The summed E-state index contributed by atoms with van der Waals surface area (Å²) in [6.45, 7) is 12.4. The van der Waals surface area contributed by atoms with Crippen molar-refractivity contribution in [3.05, 3.63) is 0 Å². The standard InChI is InChI=1S/C9H21BrO2Si/c1-7(2)11-13(10,9(5)6)12-8(3)4/h7-9H,1-6H3. The Balaban J connectivity index is 4.34. The molecule has 0 rings (SSSR count). The molecular formula is C9H21BrO2Si. The molecule has 0 unspecified atom stereocenters. The third kappa shape index (κ3) is 5.15. The van der Waals surface area contributed by atoms with Crippen molar-refractivity contribution in [2.45, 2.75) is 59.3 Å². The molecule has 4 heteroatoms. The van der Waals surface area contributed by atoms with Gasteiger partial charge in [-0.25, -0.2) is 0 Å². The van der Waals surface area contributed by atoms with Crippen LogP contribution in [0.4, 0.5) is 0 Å². The van der Waals surface area contributed by atoms with Gasteiger partial charge in [0, 0.05) is 17.7 Å². The molecule has 0 aromatic heterocycles. The number of rotatable bonds is 5. The van der Waals surface area contributed by atoms with Gasteiger partial charge in [0.25, 0.3) is 0 Å². The maximum Gasteiger partial charge on any atom is 0.417 e. The summed E-state index contributed by atoms with van der Waals surface area (Å²) >= 11 is 3.65. The van der Waals surface area contributed by atoms with E-state index in [1.165, 1.54) is 0 Å². The fraction of sp³-hybridized carbons (Fsp3) is 1.00. The zero-order chi connectivity index (χ0) is 10.6. The van der Waals surface area contributed by atoms with Crippen LogP contribution in [0.15, 0.2) is 0 Å². The van der Waals surface area contributed by atoms with Crippen molar-refractivity contribution in [1.29, 1.82) is 0 Å². The van der Waals surface area contributed by atoms with Gasteiger partial charge in [0.15, 0.2) is 0 Å². The summed E-state index contributed by atoms with van der Waals surface area (Å²) in [6, 6.07) is 0. The van der Waals surface area contributed by atoms with Gasteiger partial charge >= 0.3 is 7.18 Å². The van der Waals surface area contributed by atoms with Gasteiger partial charge in [-0.3, -0.25) is 0 Å². The summed E-state index contributed by atoms with van der Waals surface area (Å²) in [6.07, 6.45) is 0.430. The van der Waals surface area contributed by atoms with Crippen molar-refractivity contribution in [2.75, 3.05) is 0 Å². The molecule has 0 aliphatic carbocycles. The van der Waals surface area contributed by atoms with Gasteiger partial charge in [-0.05, 0) is 27.7 Å². The van der Waals surface area contributed by atoms with Crippen molar-refractivity contribution in [3.8, 4) is 0 Å². The van der Waals surface area contributed by atoms with E-state index in [4.69, 9.17) is 8.85 Å². The number of halogens is 1. The first kappa shape index (κ1) is 13.6. The summed E-state index contributed by atoms with van der Waals surface area (Å²) in [5, 5.41) is 0. The lowest BCUT2D eigenvalue weighted by molar-refractivity contribution is 0.119. The highest BCUT2D eigenvalue weighted by Gasteiger charge is 2.40. The van der Waals surface area contributed by atoms with Crippen molar-refractivity contribution in [3.63, 3.8) is 0 Å². The van der Waals surface area contributed by atoms with E-state index in [2.05, 4.69) is 29.1 Å². The van der Waals surface area contributed by atoms with Crippen LogP contribution in [0.2, 0.25) is 5.54 Å². The van der Waals surface area contributed by atoms with Gasteiger partial charge < -0.3 is 8.85 Å². The second kappa shape index (κ2) is 5.49. The molecule has 0 aliphatic heterocycles. The molecule has 0 amide bonds. The lowest BCUT2D eigenvalue weighted by atomic mass is 10.5. The Labute approximate surface area is 90.8 Å². The van der Waals surface area contributed by atoms with E-state index in [0.717, 1.165) is 0 Å². The fourth-order valence-electron chi connectivity index (χ4n) is 0.943. The second-order valence-electron chi connectivity index (χ2n) is 4.07. The summed E-state index contributed by atoms with van der Waals surface area (Å²) < 4.78 is 11.7. The van der Waals surface area contributed by atoms with Gasteiger partial charge in [0.05, 0.1) is 0 Å². The highest BCUT2D eigenvalue weighted by atomic mass is 79.9. The minimum Gasteiger partial charge on any atom is -0.384 e. The van der Waals surface area contributed by atoms with Crippen molar-refractivity contribution >= 4 is 22.5 Å². The first-order valence-electron chi connectivity index (χ1n) is 4.82. The lowest BCUT2D eigenvalue weighted by Gasteiger charge is -2.31. The Morgan fingerprint density at radius 2 is 1.15 bits per heavy atom. The highest BCUT2D eigenvalue weighted by Crippen LogP contribution is 2.31. The Bertz CT molecular complexity index is 139. The third-order valence-corrected chi connectivity index (χ3v) is 8.32. The minimum atomic E-state index is -2.14. The van der Waals surface area contributed by atoms with E-state index in [0.29, 0.717) is 5.54 Å². The maximum atomic E-state index is 5.84. The highest BCUT2D eigenvalue weighted by molar-refractivity contribution is 9.25. The second-order valence-corrected chi connectivity index (χ2v) is 10.2.